The fraction of sp³-hybridized carbons (Fsp3) is 0.562. The van der Waals surface area contributed by atoms with Crippen molar-refractivity contribution in [3.63, 3.8) is 0 Å². The van der Waals surface area contributed by atoms with Gasteiger partial charge in [0.2, 0.25) is 5.91 Å². The first-order valence-corrected chi connectivity index (χ1v) is 7.82. The van der Waals surface area contributed by atoms with Crippen molar-refractivity contribution in [1.29, 1.82) is 0 Å². The number of aryl methyl sites for hydroxylation is 1. The molecule has 0 radical (unpaired) electrons. The van der Waals surface area contributed by atoms with Crippen LogP contribution in [0.3, 0.4) is 0 Å². The summed E-state index contributed by atoms with van der Waals surface area (Å²) in [5.74, 6) is 0.0940. The van der Waals surface area contributed by atoms with Crippen molar-refractivity contribution in [3.8, 4) is 0 Å². The van der Waals surface area contributed by atoms with Crippen molar-refractivity contribution >= 4 is 11.6 Å². The van der Waals surface area contributed by atoms with E-state index in [-0.39, 0.29) is 12.5 Å². The van der Waals surface area contributed by atoms with E-state index in [9.17, 15) is 4.79 Å². The highest BCUT2D eigenvalue weighted by Crippen LogP contribution is 2.08. The second-order valence-corrected chi connectivity index (χ2v) is 5.89. The Labute approximate surface area is 126 Å². The maximum Gasteiger partial charge on any atom is 0.230 e. The average molecular weight is 293 g/mol. The summed E-state index contributed by atoms with van der Waals surface area (Å²) in [6, 6.07) is 7.89. The molecule has 1 saturated heterocycles. The Morgan fingerprint density at radius 2 is 1.67 bits per heavy atom. The summed E-state index contributed by atoms with van der Waals surface area (Å²) in [4.78, 5) is 14.9. The third kappa shape index (κ3) is 5.46. The molecule has 1 amide bonds. The number of quaternary nitrogens is 2. The molecule has 0 spiro atoms. The van der Waals surface area contributed by atoms with Crippen LogP contribution in [-0.2, 0) is 4.79 Å². The van der Waals surface area contributed by atoms with Gasteiger partial charge < -0.3 is 20.2 Å². The third-order valence-electron chi connectivity index (χ3n) is 4.17. The Balaban J connectivity index is 1.66. The molecule has 5 nitrogen and oxygen atoms in total. The predicted octanol–water partition coefficient (Wildman–Crippen LogP) is -1.90. The summed E-state index contributed by atoms with van der Waals surface area (Å²) in [6.07, 6.45) is 0.568. The van der Waals surface area contributed by atoms with Gasteiger partial charge in [-0.2, -0.15) is 0 Å². The van der Waals surface area contributed by atoms with Gasteiger partial charge in [-0.25, -0.2) is 0 Å². The standard InChI is InChI=1S/C16H25N3O2/c1-14-2-4-15(5-3-14)17-16(21)6-7-18-8-10-19(11-9-18)12-13-20/h2-5,20H,6-13H2,1H3,(H,17,21)/p+2. The van der Waals surface area contributed by atoms with Crippen LogP contribution in [0, 0.1) is 6.92 Å². The van der Waals surface area contributed by atoms with E-state index >= 15 is 0 Å². The number of piperazine rings is 1. The van der Waals surface area contributed by atoms with Crippen molar-refractivity contribution < 1.29 is 19.7 Å². The number of nitrogens with one attached hydrogen (secondary N) is 3. The van der Waals surface area contributed by atoms with Gasteiger partial charge in [0.05, 0.1) is 19.6 Å². The molecule has 4 N–H and O–H groups in total. The van der Waals surface area contributed by atoms with Gasteiger partial charge in [-0.05, 0) is 19.1 Å². The second-order valence-electron chi connectivity index (χ2n) is 5.89. The van der Waals surface area contributed by atoms with Gasteiger partial charge in [0.1, 0.15) is 32.7 Å². The topological polar surface area (TPSA) is 58.2 Å². The van der Waals surface area contributed by atoms with E-state index in [1.165, 1.54) is 15.4 Å². The quantitative estimate of drug-likeness (QED) is 0.495. The fourth-order valence-electron chi connectivity index (χ4n) is 2.77. The van der Waals surface area contributed by atoms with E-state index in [4.69, 9.17) is 5.11 Å². The Bertz CT molecular complexity index is 439. The number of rotatable bonds is 6. The number of amides is 1. The van der Waals surface area contributed by atoms with Gasteiger partial charge in [0.15, 0.2) is 0 Å². The van der Waals surface area contributed by atoms with E-state index < -0.39 is 0 Å². The Hall–Kier alpha value is -1.43. The summed E-state index contributed by atoms with van der Waals surface area (Å²) in [5.41, 5.74) is 2.07. The van der Waals surface area contributed by atoms with Crippen molar-refractivity contribution in [2.45, 2.75) is 13.3 Å². The molecule has 21 heavy (non-hydrogen) atoms. The van der Waals surface area contributed by atoms with Crippen LogP contribution < -0.4 is 15.1 Å². The number of hydrogen-bond donors (Lipinski definition) is 4. The predicted molar refractivity (Wildman–Crippen MR) is 82.6 cm³/mol. The SMILES string of the molecule is Cc1ccc(NC(=O)CC[NH+]2CC[NH+](CCO)CC2)cc1. The zero-order valence-electron chi connectivity index (χ0n) is 12.8. The van der Waals surface area contributed by atoms with Crippen molar-refractivity contribution in [3.05, 3.63) is 29.8 Å². The largest absolute Gasteiger partial charge is 0.391 e. The normalized spacial score (nSPS) is 22.0. The Morgan fingerprint density at radius 3 is 2.24 bits per heavy atom. The molecule has 2 rings (SSSR count). The molecule has 0 saturated carbocycles. The summed E-state index contributed by atoms with van der Waals surface area (Å²) in [5, 5.41) is 11.9. The molecule has 1 heterocycles. The van der Waals surface area contributed by atoms with E-state index in [0.717, 1.165) is 45.0 Å². The Kier molecular flexibility index (Phi) is 6.17. The molecule has 1 aromatic rings. The number of aliphatic hydroxyl groups excluding tert-OH is 1. The number of aliphatic hydroxyl groups is 1. The van der Waals surface area contributed by atoms with Gasteiger partial charge in [-0.1, -0.05) is 17.7 Å². The molecule has 116 valence electrons. The lowest BCUT2D eigenvalue weighted by Gasteiger charge is -2.29. The van der Waals surface area contributed by atoms with E-state index in [2.05, 4.69) is 5.32 Å². The van der Waals surface area contributed by atoms with Gasteiger partial charge >= 0.3 is 0 Å². The molecule has 0 bridgehead atoms. The molecule has 1 aliphatic heterocycles. The summed E-state index contributed by atoms with van der Waals surface area (Å²) >= 11 is 0. The van der Waals surface area contributed by atoms with E-state index in [1.807, 2.05) is 31.2 Å². The van der Waals surface area contributed by atoms with Crippen LogP contribution >= 0.6 is 0 Å². The molecule has 0 aromatic heterocycles. The number of carbonyl (C=O) groups is 1. The smallest absolute Gasteiger partial charge is 0.230 e. The number of hydrogen-bond acceptors (Lipinski definition) is 2. The highest BCUT2D eigenvalue weighted by molar-refractivity contribution is 5.90. The van der Waals surface area contributed by atoms with Crippen LogP contribution in [0.1, 0.15) is 12.0 Å². The molecular weight excluding hydrogens is 266 g/mol. The zero-order valence-corrected chi connectivity index (χ0v) is 12.8. The number of carbonyl (C=O) groups excluding carboxylic acids is 1. The highest BCUT2D eigenvalue weighted by Gasteiger charge is 2.22. The Morgan fingerprint density at radius 1 is 1.10 bits per heavy atom. The molecule has 0 aliphatic carbocycles. The molecule has 1 aromatic carbocycles. The minimum atomic E-state index is 0.0940. The van der Waals surface area contributed by atoms with Crippen LogP contribution in [0.15, 0.2) is 24.3 Å². The molecule has 0 atom stereocenters. The first-order valence-electron chi connectivity index (χ1n) is 7.82. The van der Waals surface area contributed by atoms with Gasteiger partial charge in [-0.3, -0.25) is 4.79 Å². The maximum atomic E-state index is 11.9. The first-order chi connectivity index (χ1) is 10.2. The van der Waals surface area contributed by atoms with Crippen LogP contribution in [-0.4, -0.2) is 56.9 Å². The van der Waals surface area contributed by atoms with Crippen molar-refractivity contribution in [2.24, 2.45) is 0 Å². The maximum absolute atomic E-state index is 11.9. The van der Waals surface area contributed by atoms with Crippen molar-refractivity contribution in [1.82, 2.24) is 0 Å². The average Bonchev–Trinajstić information content (AvgIpc) is 2.49. The van der Waals surface area contributed by atoms with Gasteiger partial charge in [0, 0.05) is 5.69 Å². The third-order valence-corrected chi connectivity index (χ3v) is 4.17. The summed E-state index contributed by atoms with van der Waals surface area (Å²) < 4.78 is 0. The fourth-order valence-corrected chi connectivity index (χ4v) is 2.77. The lowest BCUT2D eigenvalue weighted by Crippen LogP contribution is -3.28. The molecule has 5 heteroatoms. The van der Waals surface area contributed by atoms with Crippen LogP contribution in [0.2, 0.25) is 0 Å². The van der Waals surface area contributed by atoms with E-state index in [0.29, 0.717) is 6.42 Å². The van der Waals surface area contributed by atoms with Crippen molar-refractivity contribution in [2.75, 3.05) is 51.2 Å². The van der Waals surface area contributed by atoms with Gasteiger partial charge in [0.25, 0.3) is 0 Å². The lowest BCUT2D eigenvalue weighted by atomic mass is 10.2. The molecule has 0 unspecified atom stereocenters. The van der Waals surface area contributed by atoms with E-state index in [1.54, 1.807) is 0 Å². The number of anilines is 1. The molecule has 1 fully saturated rings. The van der Waals surface area contributed by atoms with Crippen LogP contribution in [0.4, 0.5) is 5.69 Å². The second kappa shape index (κ2) is 8.12. The minimum Gasteiger partial charge on any atom is -0.391 e. The van der Waals surface area contributed by atoms with Crippen LogP contribution in [0.5, 0.6) is 0 Å². The number of benzene rings is 1. The van der Waals surface area contributed by atoms with Crippen LogP contribution in [0.25, 0.3) is 0 Å². The summed E-state index contributed by atoms with van der Waals surface area (Å²) in [6.45, 7) is 8.41. The molecular formula is C16H27N3O2+2. The summed E-state index contributed by atoms with van der Waals surface area (Å²) in [7, 11) is 0. The zero-order chi connectivity index (χ0) is 15.1. The highest BCUT2D eigenvalue weighted by atomic mass is 16.3. The monoisotopic (exact) mass is 293 g/mol. The minimum absolute atomic E-state index is 0.0940. The first kappa shape index (κ1) is 15.9. The molecule has 1 aliphatic rings. The lowest BCUT2D eigenvalue weighted by molar-refractivity contribution is -1.01. The van der Waals surface area contributed by atoms with Gasteiger partial charge in [-0.15, -0.1) is 0 Å².